The van der Waals surface area contributed by atoms with Gasteiger partial charge in [-0.1, -0.05) is 6.92 Å². The van der Waals surface area contributed by atoms with E-state index in [0.29, 0.717) is 0 Å². The molecule has 2 N–H and O–H groups in total. The molecule has 0 aromatic rings. The van der Waals surface area contributed by atoms with Crippen LogP contribution in [0, 0.1) is 5.92 Å². The van der Waals surface area contributed by atoms with Crippen molar-refractivity contribution in [2.45, 2.75) is 26.0 Å². The van der Waals surface area contributed by atoms with Crippen LogP contribution in [-0.4, -0.2) is 54.4 Å². The number of nitrogens with zero attached hydrogens (tertiary/aromatic N) is 1. The molecular formula is C10H18N2O4. The van der Waals surface area contributed by atoms with E-state index in [1.807, 2.05) is 0 Å². The molecule has 0 bridgehead atoms. The van der Waals surface area contributed by atoms with Crippen LogP contribution < -0.4 is 5.32 Å². The van der Waals surface area contributed by atoms with Crippen molar-refractivity contribution in [1.82, 2.24) is 10.2 Å². The number of nitrogens with one attached hydrogen (secondary N) is 1. The molecule has 0 aromatic heterocycles. The fourth-order valence-corrected chi connectivity index (χ4v) is 1.59. The van der Waals surface area contributed by atoms with E-state index >= 15 is 0 Å². The number of aliphatic hydroxyl groups excluding tert-OH is 1. The van der Waals surface area contributed by atoms with E-state index < -0.39 is 24.0 Å². The summed E-state index contributed by atoms with van der Waals surface area (Å²) >= 11 is 0. The molecule has 0 radical (unpaired) electrons. The molecule has 2 amide bonds. The highest BCUT2D eigenvalue weighted by molar-refractivity contribution is 5.94. The predicted molar refractivity (Wildman–Crippen MR) is 56.8 cm³/mol. The molecule has 1 heterocycles. The van der Waals surface area contributed by atoms with Crippen molar-refractivity contribution < 1.29 is 19.4 Å². The number of cyclic esters (lactones) is 1. The average Bonchev–Trinajstić information content (AvgIpc) is 2.71. The van der Waals surface area contributed by atoms with E-state index in [0.717, 1.165) is 4.90 Å². The Balaban J connectivity index is 2.62. The molecule has 6 nitrogen and oxygen atoms in total. The van der Waals surface area contributed by atoms with Gasteiger partial charge in [-0.25, -0.2) is 9.69 Å². The lowest BCUT2D eigenvalue weighted by atomic mass is 9.97. The first-order valence-electron chi connectivity index (χ1n) is 5.32. The molecule has 0 spiro atoms. The second-order valence-electron chi connectivity index (χ2n) is 3.96. The molecule has 1 rings (SSSR count). The number of ether oxygens (including phenoxy) is 1. The Morgan fingerprint density at radius 1 is 1.56 bits per heavy atom. The van der Waals surface area contributed by atoms with E-state index in [1.54, 1.807) is 20.9 Å². The molecule has 16 heavy (non-hydrogen) atoms. The van der Waals surface area contributed by atoms with Gasteiger partial charge in [0, 0.05) is 6.04 Å². The number of aliphatic hydroxyl groups is 1. The average molecular weight is 230 g/mol. The highest BCUT2D eigenvalue weighted by Gasteiger charge is 2.35. The minimum Gasteiger partial charge on any atom is -0.447 e. The van der Waals surface area contributed by atoms with Crippen LogP contribution in [0.15, 0.2) is 0 Å². The molecule has 0 aliphatic carbocycles. The van der Waals surface area contributed by atoms with Crippen molar-refractivity contribution in [2.75, 3.05) is 20.2 Å². The number of rotatable bonds is 4. The van der Waals surface area contributed by atoms with Gasteiger partial charge in [0.2, 0.25) is 5.91 Å². The number of carbonyl (C=O) groups is 2. The lowest BCUT2D eigenvalue weighted by molar-refractivity contribution is -0.135. The van der Waals surface area contributed by atoms with Crippen molar-refractivity contribution >= 4 is 12.0 Å². The zero-order valence-electron chi connectivity index (χ0n) is 9.77. The molecular weight excluding hydrogens is 212 g/mol. The molecule has 92 valence electrons. The number of imide groups is 1. The van der Waals surface area contributed by atoms with E-state index in [1.165, 1.54) is 0 Å². The van der Waals surface area contributed by atoms with Crippen LogP contribution in [0.4, 0.5) is 4.79 Å². The van der Waals surface area contributed by atoms with Gasteiger partial charge in [-0.2, -0.15) is 0 Å². The summed E-state index contributed by atoms with van der Waals surface area (Å²) in [6, 6.07) is -0.211. The van der Waals surface area contributed by atoms with Gasteiger partial charge < -0.3 is 15.2 Å². The van der Waals surface area contributed by atoms with Crippen molar-refractivity contribution in [1.29, 1.82) is 0 Å². The Morgan fingerprint density at radius 2 is 2.19 bits per heavy atom. The quantitative estimate of drug-likeness (QED) is 0.685. The first-order chi connectivity index (χ1) is 7.49. The summed E-state index contributed by atoms with van der Waals surface area (Å²) in [5.41, 5.74) is 0. The Morgan fingerprint density at radius 3 is 2.62 bits per heavy atom. The van der Waals surface area contributed by atoms with E-state index in [9.17, 15) is 14.7 Å². The third-order valence-corrected chi connectivity index (χ3v) is 2.90. The molecule has 1 saturated heterocycles. The number of carbonyl (C=O) groups excluding carboxylic acids is 2. The first-order valence-corrected chi connectivity index (χ1v) is 5.32. The topological polar surface area (TPSA) is 78.9 Å². The molecule has 1 fully saturated rings. The van der Waals surface area contributed by atoms with Crippen LogP contribution in [-0.2, 0) is 9.53 Å². The van der Waals surface area contributed by atoms with Gasteiger partial charge in [-0.3, -0.25) is 4.79 Å². The molecule has 1 aliphatic heterocycles. The van der Waals surface area contributed by atoms with Gasteiger partial charge >= 0.3 is 6.09 Å². The number of hydrogen-bond donors (Lipinski definition) is 2. The summed E-state index contributed by atoms with van der Waals surface area (Å²) in [5.74, 6) is -1.02. The fraction of sp³-hybridized carbons (Fsp3) is 0.800. The van der Waals surface area contributed by atoms with Crippen LogP contribution >= 0.6 is 0 Å². The number of amides is 2. The zero-order chi connectivity index (χ0) is 12.3. The maximum atomic E-state index is 11.9. The molecule has 3 unspecified atom stereocenters. The monoisotopic (exact) mass is 230 g/mol. The number of hydrogen-bond acceptors (Lipinski definition) is 5. The lowest BCUT2D eigenvalue weighted by Gasteiger charge is -2.25. The van der Waals surface area contributed by atoms with Crippen LogP contribution in [0.5, 0.6) is 0 Å². The Bertz CT molecular complexity index is 282. The number of likely N-dealkylation sites (N-methyl/N-ethyl adjacent to an activating group) is 1. The van der Waals surface area contributed by atoms with Gasteiger partial charge in [0.05, 0.1) is 18.6 Å². The Kier molecular flexibility index (Phi) is 4.26. The van der Waals surface area contributed by atoms with Gasteiger partial charge in [0.15, 0.2) is 0 Å². The standard InChI is InChI=1S/C10H18N2O4/c1-6(8(13)7(2)11-3)9(14)12-4-5-16-10(12)15/h6-8,11,13H,4-5H2,1-3H3. The summed E-state index contributed by atoms with van der Waals surface area (Å²) in [6.07, 6.45) is -1.45. The van der Waals surface area contributed by atoms with Gasteiger partial charge in [-0.15, -0.1) is 0 Å². The van der Waals surface area contributed by atoms with Gasteiger partial charge in [0.25, 0.3) is 0 Å². The lowest BCUT2D eigenvalue weighted by Crippen LogP contribution is -2.46. The van der Waals surface area contributed by atoms with E-state index in [2.05, 4.69) is 10.1 Å². The van der Waals surface area contributed by atoms with Crippen molar-refractivity contribution in [3.05, 3.63) is 0 Å². The van der Waals surface area contributed by atoms with Crippen molar-refractivity contribution in [3.63, 3.8) is 0 Å². The van der Waals surface area contributed by atoms with Gasteiger partial charge in [0.1, 0.15) is 6.61 Å². The SMILES string of the molecule is CNC(C)C(O)C(C)C(=O)N1CCOC1=O. The van der Waals surface area contributed by atoms with E-state index in [-0.39, 0.29) is 19.2 Å². The fourth-order valence-electron chi connectivity index (χ4n) is 1.59. The third kappa shape index (κ3) is 2.51. The van der Waals surface area contributed by atoms with Crippen molar-refractivity contribution in [3.8, 4) is 0 Å². The highest BCUT2D eigenvalue weighted by Crippen LogP contribution is 2.14. The molecule has 3 atom stereocenters. The highest BCUT2D eigenvalue weighted by atomic mass is 16.6. The van der Waals surface area contributed by atoms with E-state index in [4.69, 9.17) is 0 Å². The minimum absolute atomic E-state index is 0.211. The van der Waals surface area contributed by atoms with Crippen LogP contribution in [0.25, 0.3) is 0 Å². The maximum absolute atomic E-state index is 11.9. The second-order valence-corrected chi connectivity index (χ2v) is 3.96. The van der Waals surface area contributed by atoms with Crippen LogP contribution in [0.3, 0.4) is 0 Å². The Labute approximate surface area is 94.6 Å². The van der Waals surface area contributed by atoms with Crippen molar-refractivity contribution in [2.24, 2.45) is 5.92 Å². The smallest absolute Gasteiger partial charge is 0.416 e. The summed E-state index contributed by atoms with van der Waals surface area (Å²) in [6.45, 7) is 3.88. The molecule has 6 heteroatoms. The largest absolute Gasteiger partial charge is 0.447 e. The minimum atomic E-state index is -0.828. The first kappa shape index (κ1) is 12.9. The molecule has 1 aliphatic rings. The van der Waals surface area contributed by atoms with Crippen LogP contribution in [0.1, 0.15) is 13.8 Å². The predicted octanol–water partition coefficient (Wildman–Crippen LogP) is -0.430. The van der Waals surface area contributed by atoms with Gasteiger partial charge in [-0.05, 0) is 14.0 Å². The summed E-state index contributed by atoms with van der Waals surface area (Å²) in [4.78, 5) is 24.1. The van der Waals surface area contributed by atoms with Crippen LogP contribution in [0.2, 0.25) is 0 Å². The molecule has 0 saturated carbocycles. The Hall–Kier alpha value is -1.14. The maximum Gasteiger partial charge on any atom is 0.416 e. The second kappa shape index (κ2) is 5.27. The summed E-state index contributed by atoms with van der Waals surface area (Å²) in [5, 5.41) is 12.7. The molecule has 0 aromatic carbocycles. The normalized spacial score (nSPS) is 21.5. The summed E-state index contributed by atoms with van der Waals surface area (Å²) < 4.78 is 4.67. The third-order valence-electron chi connectivity index (χ3n) is 2.90. The summed E-state index contributed by atoms with van der Waals surface area (Å²) in [7, 11) is 1.70. The zero-order valence-corrected chi connectivity index (χ0v) is 9.77.